The number of nitrogens with two attached hydrogens (primary N) is 1. The summed E-state index contributed by atoms with van der Waals surface area (Å²) in [5, 5.41) is 13.6. The summed E-state index contributed by atoms with van der Waals surface area (Å²) < 4.78 is 26.2. The van der Waals surface area contributed by atoms with E-state index < -0.39 is 10.3 Å². The van der Waals surface area contributed by atoms with Gasteiger partial charge in [-0.2, -0.15) is 18.8 Å². The molecule has 0 unspecified atom stereocenters. The molecule has 102 valence electrons. The van der Waals surface area contributed by atoms with Crippen molar-refractivity contribution < 1.29 is 12.6 Å². The van der Waals surface area contributed by atoms with Crippen LogP contribution in [0.4, 0.5) is 0 Å². The van der Waals surface area contributed by atoms with Gasteiger partial charge in [0.1, 0.15) is 5.75 Å². The van der Waals surface area contributed by atoms with E-state index in [2.05, 4.69) is 10.3 Å². The Morgan fingerprint density at radius 2 is 1.75 bits per heavy atom. The molecule has 0 aliphatic carbocycles. The first-order chi connectivity index (χ1) is 9.49. The highest BCUT2D eigenvalue weighted by molar-refractivity contribution is 7.84. The van der Waals surface area contributed by atoms with Gasteiger partial charge >= 0.3 is 10.3 Å². The van der Waals surface area contributed by atoms with Gasteiger partial charge in [-0.25, -0.2) is 0 Å². The van der Waals surface area contributed by atoms with Crippen LogP contribution in [0.5, 0.6) is 5.75 Å². The minimum atomic E-state index is -4.01. The molecule has 2 aromatic carbocycles. The lowest BCUT2D eigenvalue weighted by atomic mass is 9.98. The first kappa shape index (κ1) is 14.1. The smallest absolute Gasteiger partial charge is 0.371 e. The van der Waals surface area contributed by atoms with Crippen molar-refractivity contribution in [3.05, 3.63) is 54.1 Å². The van der Waals surface area contributed by atoms with Gasteiger partial charge in [-0.05, 0) is 28.8 Å². The van der Waals surface area contributed by atoms with Crippen molar-refractivity contribution in [1.82, 2.24) is 0 Å². The largest absolute Gasteiger partial charge is 0.380 e. The van der Waals surface area contributed by atoms with Crippen LogP contribution in [0.15, 0.2) is 48.5 Å². The molecule has 0 radical (unpaired) electrons. The van der Waals surface area contributed by atoms with Crippen LogP contribution in [0.2, 0.25) is 0 Å². The average Bonchev–Trinajstić information content (AvgIpc) is 2.39. The van der Waals surface area contributed by atoms with E-state index >= 15 is 0 Å². The zero-order chi connectivity index (χ0) is 14.6. The maximum atomic E-state index is 10.8. The number of nitriles is 1. The average molecular weight is 288 g/mol. The van der Waals surface area contributed by atoms with Crippen molar-refractivity contribution in [2.75, 3.05) is 0 Å². The molecular formula is C14H12N2O3S. The van der Waals surface area contributed by atoms with Gasteiger partial charge in [0.15, 0.2) is 0 Å². The van der Waals surface area contributed by atoms with Crippen LogP contribution in [0.1, 0.15) is 5.56 Å². The van der Waals surface area contributed by atoms with Gasteiger partial charge in [0.25, 0.3) is 0 Å². The molecule has 0 aromatic heterocycles. The Bertz CT molecular complexity index is 747. The molecule has 0 aliphatic heterocycles. The van der Waals surface area contributed by atoms with Gasteiger partial charge in [0.05, 0.1) is 12.5 Å². The molecule has 2 N–H and O–H groups in total. The second-order valence-corrected chi connectivity index (χ2v) is 5.24. The zero-order valence-electron chi connectivity index (χ0n) is 10.5. The molecule has 0 amide bonds. The van der Waals surface area contributed by atoms with Crippen molar-refractivity contribution in [3.8, 4) is 22.9 Å². The fourth-order valence-corrected chi connectivity index (χ4v) is 2.24. The van der Waals surface area contributed by atoms with Gasteiger partial charge in [-0.3, -0.25) is 0 Å². The summed E-state index contributed by atoms with van der Waals surface area (Å²) in [7, 11) is -4.01. The molecule has 0 saturated carbocycles. The van der Waals surface area contributed by atoms with Crippen LogP contribution >= 0.6 is 0 Å². The van der Waals surface area contributed by atoms with Crippen molar-refractivity contribution >= 4 is 10.3 Å². The Balaban J connectivity index is 2.33. The second kappa shape index (κ2) is 5.74. The molecule has 2 aromatic rings. The van der Waals surface area contributed by atoms with Gasteiger partial charge in [-0.1, -0.05) is 36.4 Å². The standard InChI is InChI=1S/C14H12N2O3S/c15-10-9-11-3-1-2-4-14(11)12-5-7-13(8-6-12)19-20(16,17)18/h1-8H,9H2,(H2,16,17,18). The maximum absolute atomic E-state index is 10.8. The Kier molecular flexibility index (Phi) is 4.03. The summed E-state index contributed by atoms with van der Waals surface area (Å²) in [5.41, 5.74) is 2.71. The van der Waals surface area contributed by atoms with E-state index in [9.17, 15) is 8.42 Å². The van der Waals surface area contributed by atoms with E-state index in [-0.39, 0.29) is 5.75 Å². The molecule has 0 spiro atoms. The Labute approximate surface area is 117 Å². The molecular weight excluding hydrogens is 276 g/mol. The van der Waals surface area contributed by atoms with Crippen molar-refractivity contribution in [1.29, 1.82) is 5.26 Å². The first-order valence-corrected chi connectivity index (χ1v) is 7.24. The zero-order valence-corrected chi connectivity index (χ0v) is 11.3. The quantitative estimate of drug-likeness (QED) is 0.931. The van der Waals surface area contributed by atoms with Crippen LogP contribution < -0.4 is 9.32 Å². The highest BCUT2D eigenvalue weighted by Crippen LogP contribution is 2.26. The molecule has 0 heterocycles. The highest BCUT2D eigenvalue weighted by atomic mass is 32.2. The van der Waals surface area contributed by atoms with Gasteiger partial charge in [-0.15, -0.1) is 0 Å². The molecule has 2 rings (SSSR count). The number of hydrogen-bond acceptors (Lipinski definition) is 4. The Hall–Kier alpha value is -2.36. The summed E-state index contributed by atoms with van der Waals surface area (Å²) >= 11 is 0. The summed E-state index contributed by atoms with van der Waals surface area (Å²) in [6.07, 6.45) is 0.311. The first-order valence-electron chi connectivity index (χ1n) is 5.77. The monoisotopic (exact) mass is 288 g/mol. The third-order valence-electron chi connectivity index (χ3n) is 2.66. The summed E-state index contributed by atoms with van der Waals surface area (Å²) in [5.74, 6) is 0.147. The Morgan fingerprint density at radius 1 is 1.10 bits per heavy atom. The van der Waals surface area contributed by atoms with Gasteiger partial charge in [0, 0.05) is 0 Å². The Morgan fingerprint density at radius 3 is 2.35 bits per heavy atom. The second-order valence-electron chi connectivity index (χ2n) is 4.09. The number of benzene rings is 2. The molecule has 5 nitrogen and oxygen atoms in total. The minimum Gasteiger partial charge on any atom is -0.371 e. The molecule has 20 heavy (non-hydrogen) atoms. The third-order valence-corrected chi connectivity index (χ3v) is 3.09. The predicted octanol–water partition coefficient (Wildman–Crippen LogP) is 2.00. The number of hydrogen-bond donors (Lipinski definition) is 1. The van der Waals surface area contributed by atoms with E-state index in [1.807, 2.05) is 24.3 Å². The van der Waals surface area contributed by atoms with Crippen molar-refractivity contribution in [2.45, 2.75) is 6.42 Å². The maximum Gasteiger partial charge on any atom is 0.380 e. The van der Waals surface area contributed by atoms with Gasteiger partial charge < -0.3 is 4.18 Å². The lowest BCUT2D eigenvalue weighted by Crippen LogP contribution is -2.18. The number of nitrogens with zero attached hydrogens (tertiary/aromatic N) is 1. The molecule has 0 aliphatic rings. The van der Waals surface area contributed by atoms with Crippen LogP contribution in [0.25, 0.3) is 11.1 Å². The van der Waals surface area contributed by atoms with Crippen molar-refractivity contribution in [3.63, 3.8) is 0 Å². The van der Waals surface area contributed by atoms with E-state index in [4.69, 9.17) is 10.4 Å². The van der Waals surface area contributed by atoms with Crippen LogP contribution in [-0.2, 0) is 16.7 Å². The molecule has 0 bridgehead atoms. The molecule has 6 heteroatoms. The fraction of sp³-hybridized carbons (Fsp3) is 0.0714. The van der Waals surface area contributed by atoms with E-state index in [1.165, 1.54) is 12.1 Å². The fourth-order valence-electron chi connectivity index (χ4n) is 1.87. The van der Waals surface area contributed by atoms with E-state index in [0.717, 1.165) is 16.7 Å². The van der Waals surface area contributed by atoms with E-state index in [1.54, 1.807) is 12.1 Å². The lowest BCUT2D eigenvalue weighted by molar-refractivity contribution is 0.488. The normalized spacial score (nSPS) is 10.8. The lowest BCUT2D eigenvalue weighted by Gasteiger charge is -2.08. The third kappa shape index (κ3) is 3.57. The van der Waals surface area contributed by atoms with Crippen molar-refractivity contribution in [2.24, 2.45) is 5.14 Å². The van der Waals surface area contributed by atoms with Crippen LogP contribution in [0.3, 0.4) is 0 Å². The molecule has 0 fully saturated rings. The topological polar surface area (TPSA) is 93.2 Å². The summed E-state index contributed by atoms with van der Waals surface area (Å²) in [6.45, 7) is 0. The minimum absolute atomic E-state index is 0.147. The van der Waals surface area contributed by atoms with Crippen LogP contribution in [0, 0.1) is 11.3 Å². The predicted molar refractivity (Wildman–Crippen MR) is 74.9 cm³/mol. The summed E-state index contributed by atoms with van der Waals surface area (Å²) in [6, 6.07) is 16.1. The SMILES string of the molecule is N#CCc1ccccc1-c1ccc(OS(N)(=O)=O)cc1. The highest BCUT2D eigenvalue weighted by Gasteiger charge is 2.07. The summed E-state index contributed by atoms with van der Waals surface area (Å²) in [4.78, 5) is 0. The van der Waals surface area contributed by atoms with Crippen LogP contribution in [-0.4, -0.2) is 8.42 Å². The number of rotatable bonds is 4. The molecule has 0 atom stereocenters. The van der Waals surface area contributed by atoms with Gasteiger partial charge in [0.2, 0.25) is 0 Å². The van der Waals surface area contributed by atoms with E-state index in [0.29, 0.717) is 6.42 Å². The molecule has 0 saturated heterocycles.